The highest BCUT2D eigenvalue weighted by Gasteiger charge is 2.25. The van der Waals surface area contributed by atoms with Crippen LogP contribution in [0.1, 0.15) is 0 Å². The Morgan fingerprint density at radius 1 is 0.200 bits per heavy atom. The Hall–Kier alpha value is -6.50. The summed E-state index contributed by atoms with van der Waals surface area (Å²) in [4.78, 5) is 0. The molecule has 12 rings (SSSR count). The zero-order valence-corrected chi connectivity index (χ0v) is 27.2. The van der Waals surface area contributed by atoms with Crippen molar-refractivity contribution in [1.29, 1.82) is 0 Å². The molecule has 0 aromatic heterocycles. The normalized spacial score (nSPS) is 12.4. The lowest BCUT2D eigenvalue weighted by molar-refractivity contribution is 1.67. The zero-order chi connectivity index (χ0) is 32.5. The van der Waals surface area contributed by atoms with Crippen LogP contribution in [0.4, 0.5) is 0 Å². The lowest BCUT2D eigenvalue weighted by Crippen LogP contribution is -1.86. The first-order valence-corrected chi connectivity index (χ1v) is 17.5. The SMILES string of the molecule is c1ccc2cc3c(cc2c1)-c1cccc2c(-c4ccc5ccc(-c6ccc7c8c(cccc68)-c6cc8ccccc8cc6-7)cc5c4)ccc-3c12. The van der Waals surface area contributed by atoms with E-state index in [1.807, 2.05) is 0 Å². The van der Waals surface area contributed by atoms with E-state index < -0.39 is 0 Å². The van der Waals surface area contributed by atoms with Crippen LogP contribution in [0.5, 0.6) is 0 Å². The fraction of sp³-hybridized carbons (Fsp3) is 0. The largest absolute Gasteiger partial charge is 0.0616 e. The van der Waals surface area contributed by atoms with E-state index in [4.69, 9.17) is 0 Å². The van der Waals surface area contributed by atoms with Crippen LogP contribution >= 0.6 is 0 Å². The highest BCUT2D eigenvalue weighted by Crippen LogP contribution is 2.52. The van der Waals surface area contributed by atoms with E-state index in [2.05, 4.69) is 170 Å². The van der Waals surface area contributed by atoms with Crippen LogP contribution in [-0.4, -0.2) is 0 Å². The molecule has 0 amide bonds. The minimum absolute atomic E-state index is 1.25. The molecule has 10 aromatic carbocycles. The molecule has 0 saturated carbocycles. The molecular formula is C50H28. The van der Waals surface area contributed by atoms with E-state index in [0.717, 1.165) is 0 Å². The van der Waals surface area contributed by atoms with E-state index in [0.29, 0.717) is 0 Å². The molecule has 0 heteroatoms. The third kappa shape index (κ3) is 3.50. The number of benzene rings is 10. The second-order valence-electron chi connectivity index (χ2n) is 14.0. The van der Waals surface area contributed by atoms with Crippen LogP contribution < -0.4 is 0 Å². The lowest BCUT2D eigenvalue weighted by atomic mass is 9.91. The van der Waals surface area contributed by atoms with Crippen LogP contribution in [0, 0.1) is 0 Å². The van der Waals surface area contributed by atoms with Gasteiger partial charge in [-0.2, -0.15) is 0 Å². The first-order valence-electron chi connectivity index (χ1n) is 17.5. The number of rotatable bonds is 2. The fourth-order valence-electron chi connectivity index (χ4n) is 9.17. The molecule has 2 aliphatic carbocycles. The van der Waals surface area contributed by atoms with Crippen molar-refractivity contribution in [1.82, 2.24) is 0 Å². The Morgan fingerprint density at radius 2 is 0.580 bits per heavy atom. The van der Waals surface area contributed by atoms with Crippen molar-refractivity contribution in [3.05, 3.63) is 170 Å². The molecule has 0 aliphatic heterocycles. The zero-order valence-electron chi connectivity index (χ0n) is 27.2. The van der Waals surface area contributed by atoms with Crippen LogP contribution in [-0.2, 0) is 0 Å². The van der Waals surface area contributed by atoms with Gasteiger partial charge >= 0.3 is 0 Å². The Labute approximate surface area is 289 Å². The predicted octanol–water partition coefficient (Wildman–Crippen LogP) is 14.1. The molecule has 0 radical (unpaired) electrons. The van der Waals surface area contributed by atoms with Gasteiger partial charge in [0.05, 0.1) is 0 Å². The van der Waals surface area contributed by atoms with Gasteiger partial charge in [-0.15, -0.1) is 0 Å². The first kappa shape index (κ1) is 26.5. The first-order chi connectivity index (χ1) is 24.8. The van der Waals surface area contributed by atoms with Crippen LogP contribution in [0.15, 0.2) is 170 Å². The summed E-state index contributed by atoms with van der Waals surface area (Å²) in [5, 5.41) is 13.0. The number of hydrogen-bond acceptors (Lipinski definition) is 0. The predicted molar refractivity (Wildman–Crippen MR) is 214 cm³/mol. The van der Waals surface area contributed by atoms with Crippen molar-refractivity contribution < 1.29 is 0 Å². The molecule has 0 unspecified atom stereocenters. The van der Waals surface area contributed by atoms with Crippen molar-refractivity contribution in [3.8, 4) is 66.8 Å². The van der Waals surface area contributed by atoms with Crippen molar-refractivity contribution >= 4 is 53.9 Å². The molecule has 0 heterocycles. The summed E-state index contributed by atoms with van der Waals surface area (Å²) in [6.45, 7) is 0. The van der Waals surface area contributed by atoms with Gasteiger partial charge in [0, 0.05) is 0 Å². The van der Waals surface area contributed by atoms with Crippen LogP contribution in [0.3, 0.4) is 0 Å². The molecule has 0 bridgehead atoms. The van der Waals surface area contributed by atoms with Gasteiger partial charge in [0.15, 0.2) is 0 Å². The summed E-state index contributed by atoms with van der Waals surface area (Å²) >= 11 is 0. The van der Waals surface area contributed by atoms with E-state index in [1.165, 1.54) is 121 Å². The Balaban J connectivity index is 1.00. The maximum Gasteiger partial charge on any atom is -0.00201 e. The van der Waals surface area contributed by atoms with E-state index in [1.54, 1.807) is 0 Å². The highest BCUT2D eigenvalue weighted by molar-refractivity contribution is 6.22. The fourth-order valence-corrected chi connectivity index (χ4v) is 9.17. The Morgan fingerprint density at radius 3 is 1.00 bits per heavy atom. The second kappa shape index (κ2) is 9.56. The second-order valence-corrected chi connectivity index (χ2v) is 14.0. The summed E-state index contributed by atoms with van der Waals surface area (Å²) in [7, 11) is 0. The maximum absolute atomic E-state index is 2.39. The molecule has 228 valence electrons. The summed E-state index contributed by atoms with van der Waals surface area (Å²) in [6.07, 6.45) is 0. The monoisotopic (exact) mass is 628 g/mol. The van der Waals surface area contributed by atoms with Gasteiger partial charge in [-0.05, 0) is 157 Å². The summed E-state index contributed by atoms with van der Waals surface area (Å²) < 4.78 is 0. The topological polar surface area (TPSA) is 0 Å². The van der Waals surface area contributed by atoms with Crippen LogP contribution in [0.25, 0.3) is 121 Å². The van der Waals surface area contributed by atoms with Gasteiger partial charge in [-0.3, -0.25) is 0 Å². The van der Waals surface area contributed by atoms with Crippen LogP contribution in [0.2, 0.25) is 0 Å². The van der Waals surface area contributed by atoms with Gasteiger partial charge < -0.3 is 0 Å². The van der Waals surface area contributed by atoms with E-state index in [9.17, 15) is 0 Å². The van der Waals surface area contributed by atoms with Crippen molar-refractivity contribution in [2.45, 2.75) is 0 Å². The molecule has 0 nitrogen and oxygen atoms in total. The molecule has 0 saturated heterocycles. The molecule has 10 aromatic rings. The molecule has 50 heavy (non-hydrogen) atoms. The lowest BCUT2D eigenvalue weighted by Gasteiger charge is -2.13. The Kier molecular flexibility index (Phi) is 5.06. The van der Waals surface area contributed by atoms with Gasteiger partial charge in [-0.25, -0.2) is 0 Å². The van der Waals surface area contributed by atoms with Crippen molar-refractivity contribution in [2.24, 2.45) is 0 Å². The standard InChI is InChI=1S/C50H28/c1-3-9-32-27-47-43-21-19-37(39-11-5-13-41(49(39)43)45(47)25-30(32)7-1)34-17-15-29-16-18-35(24-36(29)23-34)38-20-22-44-48-28-33-10-4-2-8-31(33)26-46(48)42-14-6-12-40(38)50(42)44/h1-28H. The van der Waals surface area contributed by atoms with E-state index >= 15 is 0 Å². The molecule has 2 aliphatic rings. The number of hydrogen-bond donors (Lipinski definition) is 0. The summed E-state index contributed by atoms with van der Waals surface area (Å²) in [5.41, 5.74) is 15.8. The average Bonchev–Trinajstić information content (AvgIpc) is 3.66. The molecule has 0 fully saturated rings. The van der Waals surface area contributed by atoms with Gasteiger partial charge in [-0.1, -0.05) is 133 Å². The average molecular weight is 629 g/mol. The molecule has 0 N–H and O–H groups in total. The number of fused-ring (bicyclic) bond motifs is 9. The summed E-state index contributed by atoms with van der Waals surface area (Å²) in [5.74, 6) is 0. The quantitative estimate of drug-likeness (QED) is 0.179. The van der Waals surface area contributed by atoms with Gasteiger partial charge in [0.25, 0.3) is 0 Å². The highest BCUT2D eigenvalue weighted by atomic mass is 14.3. The third-order valence-corrected chi connectivity index (χ3v) is 11.5. The van der Waals surface area contributed by atoms with Crippen molar-refractivity contribution in [3.63, 3.8) is 0 Å². The van der Waals surface area contributed by atoms with Crippen molar-refractivity contribution in [2.75, 3.05) is 0 Å². The molecule has 0 atom stereocenters. The molecular weight excluding hydrogens is 601 g/mol. The Bertz CT molecular complexity index is 2830. The minimum atomic E-state index is 1.25. The van der Waals surface area contributed by atoms with Gasteiger partial charge in [0.2, 0.25) is 0 Å². The maximum atomic E-state index is 2.39. The molecule has 0 spiro atoms. The minimum Gasteiger partial charge on any atom is -0.0616 e. The smallest absolute Gasteiger partial charge is 0.00201 e. The van der Waals surface area contributed by atoms with Gasteiger partial charge in [0.1, 0.15) is 0 Å². The summed E-state index contributed by atoms with van der Waals surface area (Å²) in [6, 6.07) is 63.8. The third-order valence-electron chi connectivity index (χ3n) is 11.5. The van der Waals surface area contributed by atoms with E-state index in [-0.39, 0.29) is 0 Å².